The van der Waals surface area contributed by atoms with E-state index in [1.165, 1.54) is 6.07 Å². The van der Waals surface area contributed by atoms with Gasteiger partial charge in [-0.2, -0.15) is 0 Å². The maximum Gasteiger partial charge on any atom is 0.314 e. The molecule has 2 aromatic carbocycles. The first-order valence-electron chi connectivity index (χ1n) is 6.05. The number of halogens is 2. The second kappa shape index (κ2) is 6.19. The van der Waals surface area contributed by atoms with E-state index in [1.54, 1.807) is 18.2 Å². The van der Waals surface area contributed by atoms with Gasteiger partial charge >= 0.3 is 5.69 Å². The fourth-order valence-corrected chi connectivity index (χ4v) is 2.51. The predicted molar refractivity (Wildman–Crippen MR) is 79.9 cm³/mol. The van der Waals surface area contributed by atoms with Crippen molar-refractivity contribution < 1.29 is 14.1 Å². The zero-order chi connectivity index (χ0) is 15.6. The van der Waals surface area contributed by atoms with Crippen LogP contribution >= 0.6 is 15.9 Å². The highest BCUT2D eigenvalue weighted by Crippen LogP contribution is 2.34. The molecule has 0 amide bonds. The van der Waals surface area contributed by atoms with Gasteiger partial charge in [0.15, 0.2) is 0 Å². The molecule has 0 heterocycles. The number of ether oxygens (including phenoxy) is 1. The summed E-state index contributed by atoms with van der Waals surface area (Å²) in [6, 6.07) is 8.06. The van der Waals surface area contributed by atoms with E-state index in [1.807, 2.05) is 6.92 Å². The third-order valence-electron chi connectivity index (χ3n) is 2.81. The molecule has 21 heavy (non-hydrogen) atoms. The number of hydrogen-bond donors (Lipinski definition) is 1. The van der Waals surface area contributed by atoms with Crippen molar-refractivity contribution in [1.29, 1.82) is 0 Å². The molecular weight excluding hydrogens is 343 g/mol. The number of nitrogens with two attached hydrogens (primary N) is 1. The summed E-state index contributed by atoms with van der Waals surface area (Å²) in [6.45, 7) is 1.84. The third kappa shape index (κ3) is 3.56. The van der Waals surface area contributed by atoms with E-state index in [-0.39, 0.29) is 11.8 Å². The Morgan fingerprint density at radius 1 is 1.33 bits per heavy atom. The summed E-state index contributed by atoms with van der Waals surface area (Å²) >= 11 is 3.37. The first kappa shape index (κ1) is 15.4. The average Bonchev–Trinajstić information content (AvgIpc) is 2.40. The summed E-state index contributed by atoms with van der Waals surface area (Å²) in [5, 5.41) is 10.9. The van der Waals surface area contributed by atoms with Gasteiger partial charge in [0.1, 0.15) is 11.6 Å². The van der Waals surface area contributed by atoms with Crippen LogP contribution in [0, 0.1) is 15.9 Å². The van der Waals surface area contributed by atoms with Gasteiger partial charge in [-0.05, 0) is 36.8 Å². The fraction of sp³-hybridized carbons (Fsp3) is 0.143. The SMILES string of the molecule is CC(N)c1ccc(Oc2ccc(F)cc2[N+](=O)[O-])cc1Br. The van der Waals surface area contributed by atoms with E-state index in [0.29, 0.717) is 5.75 Å². The first-order chi connectivity index (χ1) is 9.88. The molecule has 110 valence electrons. The van der Waals surface area contributed by atoms with Crippen LogP contribution in [0.3, 0.4) is 0 Å². The van der Waals surface area contributed by atoms with Gasteiger partial charge in [0.25, 0.3) is 0 Å². The van der Waals surface area contributed by atoms with Crippen LogP contribution in [0.1, 0.15) is 18.5 Å². The van der Waals surface area contributed by atoms with Gasteiger partial charge in [0.2, 0.25) is 5.75 Å². The van der Waals surface area contributed by atoms with Crippen LogP contribution in [0.5, 0.6) is 11.5 Å². The zero-order valence-corrected chi connectivity index (χ0v) is 12.6. The Kier molecular flexibility index (Phi) is 4.54. The molecule has 0 aromatic heterocycles. The fourth-order valence-electron chi connectivity index (χ4n) is 1.79. The Labute approximate surface area is 128 Å². The second-order valence-electron chi connectivity index (χ2n) is 4.44. The molecule has 2 N–H and O–H groups in total. The smallest absolute Gasteiger partial charge is 0.314 e. The maximum atomic E-state index is 13.1. The van der Waals surface area contributed by atoms with E-state index in [4.69, 9.17) is 10.5 Å². The van der Waals surface area contributed by atoms with E-state index < -0.39 is 16.4 Å². The number of nitro groups is 1. The molecule has 0 aliphatic heterocycles. The number of benzene rings is 2. The van der Waals surface area contributed by atoms with Crippen LogP contribution in [-0.4, -0.2) is 4.92 Å². The summed E-state index contributed by atoms with van der Waals surface area (Å²) in [4.78, 5) is 10.2. The highest BCUT2D eigenvalue weighted by molar-refractivity contribution is 9.10. The number of hydrogen-bond acceptors (Lipinski definition) is 4. The van der Waals surface area contributed by atoms with Crippen LogP contribution in [0.15, 0.2) is 40.9 Å². The van der Waals surface area contributed by atoms with Crippen molar-refractivity contribution in [3.05, 3.63) is 62.4 Å². The van der Waals surface area contributed by atoms with Crippen molar-refractivity contribution in [2.75, 3.05) is 0 Å². The molecule has 7 heteroatoms. The second-order valence-corrected chi connectivity index (χ2v) is 5.30. The molecule has 0 bridgehead atoms. The number of nitrogens with zero attached hydrogens (tertiary/aromatic N) is 1. The Bertz CT molecular complexity index is 692. The van der Waals surface area contributed by atoms with Crippen LogP contribution in [0.2, 0.25) is 0 Å². The molecule has 0 aliphatic carbocycles. The van der Waals surface area contributed by atoms with Crippen molar-refractivity contribution in [2.45, 2.75) is 13.0 Å². The van der Waals surface area contributed by atoms with Crippen LogP contribution in [0.25, 0.3) is 0 Å². The molecular formula is C14H12BrFN2O3. The Morgan fingerprint density at radius 2 is 2.05 bits per heavy atom. The van der Waals surface area contributed by atoms with Crippen molar-refractivity contribution in [3.63, 3.8) is 0 Å². The Balaban J connectivity index is 2.35. The van der Waals surface area contributed by atoms with Gasteiger partial charge in [0.05, 0.1) is 11.0 Å². The number of rotatable bonds is 4. The lowest BCUT2D eigenvalue weighted by Crippen LogP contribution is -2.05. The van der Waals surface area contributed by atoms with Gasteiger partial charge < -0.3 is 10.5 Å². The molecule has 2 rings (SSSR count). The molecule has 1 atom stereocenters. The van der Waals surface area contributed by atoms with Gasteiger partial charge in [0, 0.05) is 10.5 Å². The standard InChI is InChI=1S/C14H12BrFN2O3/c1-8(17)11-4-3-10(7-12(11)15)21-14-5-2-9(16)6-13(14)18(19)20/h2-8H,17H2,1H3. The van der Waals surface area contributed by atoms with Gasteiger partial charge in [-0.3, -0.25) is 10.1 Å². The first-order valence-corrected chi connectivity index (χ1v) is 6.84. The molecule has 5 nitrogen and oxygen atoms in total. The van der Waals surface area contributed by atoms with Gasteiger partial charge in [-0.15, -0.1) is 0 Å². The predicted octanol–water partition coefficient (Wildman–Crippen LogP) is 4.31. The van der Waals surface area contributed by atoms with E-state index in [9.17, 15) is 14.5 Å². The third-order valence-corrected chi connectivity index (χ3v) is 3.49. The Morgan fingerprint density at radius 3 is 2.62 bits per heavy atom. The molecule has 0 radical (unpaired) electrons. The minimum atomic E-state index is -0.692. The van der Waals surface area contributed by atoms with E-state index in [0.717, 1.165) is 22.2 Å². The van der Waals surface area contributed by atoms with Gasteiger partial charge in [-0.25, -0.2) is 4.39 Å². The minimum absolute atomic E-state index is 0.0261. The number of nitro benzene ring substituents is 1. The van der Waals surface area contributed by atoms with E-state index >= 15 is 0 Å². The van der Waals surface area contributed by atoms with Crippen molar-refractivity contribution >= 4 is 21.6 Å². The molecule has 2 aromatic rings. The molecule has 0 fully saturated rings. The monoisotopic (exact) mass is 354 g/mol. The van der Waals surface area contributed by atoms with Crippen LogP contribution < -0.4 is 10.5 Å². The van der Waals surface area contributed by atoms with Crippen molar-refractivity contribution in [2.24, 2.45) is 5.73 Å². The maximum absolute atomic E-state index is 13.1. The largest absolute Gasteiger partial charge is 0.450 e. The summed E-state index contributed by atoms with van der Waals surface area (Å²) in [5.41, 5.74) is 6.25. The molecule has 0 saturated heterocycles. The van der Waals surface area contributed by atoms with Gasteiger partial charge in [-0.1, -0.05) is 22.0 Å². The quantitative estimate of drug-likeness (QED) is 0.655. The lowest BCUT2D eigenvalue weighted by Gasteiger charge is -2.11. The highest BCUT2D eigenvalue weighted by Gasteiger charge is 2.17. The molecule has 0 spiro atoms. The summed E-state index contributed by atoms with van der Waals surface area (Å²) in [7, 11) is 0. The van der Waals surface area contributed by atoms with Crippen LogP contribution in [-0.2, 0) is 0 Å². The summed E-state index contributed by atoms with van der Waals surface area (Å²) in [6.07, 6.45) is 0. The lowest BCUT2D eigenvalue weighted by molar-refractivity contribution is -0.385. The van der Waals surface area contributed by atoms with Crippen molar-refractivity contribution in [1.82, 2.24) is 0 Å². The topological polar surface area (TPSA) is 78.4 Å². The lowest BCUT2D eigenvalue weighted by atomic mass is 10.1. The summed E-state index contributed by atoms with van der Waals surface area (Å²) in [5.74, 6) is -0.328. The van der Waals surface area contributed by atoms with E-state index in [2.05, 4.69) is 15.9 Å². The molecule has 0 aliphatic rings. The summed E-state index contributed by atoms with van der Waals surface area (Å²) < 4.78 is 19.3. The molecule has 1 unspecified atom stereocenters. The highest BCUT2D eigenvalue weighted by atomic mass is 79.9. The van der Waals surface area contributed by atoms with Crippen LogP contribution in [0.4, 0.5) is 10.1 Å². The van der Waals surface area contributed by atoms with Crippen molar-refractivity contribution in [3.8, 4) is 11.5 Å². The molecule has 0 saturated carbocycles. The minimum Gasteiger partial charge on any atom is -0.450 e. The normalized spacial score (nSPS) is 12.0. The Hall–Kier alpha value is -1.99. The zero-order valence-electron chi connectivity index (χ0n) is 11.0. The average molecular weight is 355 g/mol.